The summed E-state index contributed by atoms with van der Waals surface area (Å²) in [7, 11) is 0. The molecule has 7 heterocycles. The van der Waals surface area contributed by atoms with E-state index in [-0.39, 0.29) is 20.7 Å². The third-order valence-corrected chi connectivity index (χ3v) is 24.0. The van der Waals surface area contributed by atoms with Gasteiger partial charge in [-0.25, -0.2) is 4.39 Å². The first kappa shape index (κ1) is 95.1. The van der Waals surface area contributed by atoms with E-state index in [4.69, 9.17) is 11.6 Å². The highest BCUT2D eigenvalue weighted by Crippen LogP contribution is 2.30. The zero-order valence-electron chi connectivity index (χ0n) is 72.6. The molecule has 0 amide bonds. The molecule has 0 aromatic heterocycles. The molecule has 0 radical (unpaired) electrons. The third-order valence-electron chi connectivity index (χ3n) is 23.7. The van der Waals surface area contributed by atoms with Crippen molar-refractivity contribution in [2.24, 2.45) is 0 Å². The SMILES string of the molecule is C.C.CC(C)N1CCN(c2ccccc2Cl)CC1.CC(C)N1CCN(c2ccccc2F)CC1.Cc1ccc(C2=CCN(C(C)C)CC2)cc1.Cc1ccc(N2CCN(C(C)C)CC2)c(C)c1.Cc1ccc(N2CCN(C(C)C)CC2)cc1.Cc1ccc2c(c1)CCN(C(C)C)C2.Cc1ccccc1N1CCN(C(C)C)CC1. The van der Waals surface area contributed by atoms with E-state index >= 15 is 0 Å². The summed E-state index contributed by atoms with van der Waals surface area (Å²) in [5.41, 5.74) is 20.3. The lowest BCUT2D eigenvalue weighted by atomic mass is 9.97. The Morgan fingerprint density at radius 2 is 0.646 bits per heavy atom. The van der Waals surface area contributed by atoms with Crippen LogP contribution in [0.1, 0.15) is 168 Å². The van der Waals surface area contributed by atoms with Crippen molar-refractivity contribution in [3.05, 3.63) is 225 Å². The smallest absolute Gasteiger partial charge is 0.146 e. The van der Waals surface area contributed by atoms with E-state index in [2.05, 4.69) is 325 Å². The van der Waals surface area contributed by atoms with Crippen LogP contribution in [0.5, 0.6) is 0 Å². The molecular weight excluding hydrogens is 1410 g/mol. The number of aryl methyl sites for hydroxylation is 6. The molecule has 14 rings (SSSR count). The Kier molecular flexibility index (Phi) is 40.4. The van der Waals surface area contributed by atoms with E-state index in [9.17, 15) is 4.39 Å². The topological polar surface area (TPSA) is 38.9 Å². The number of nitrogens with zero attached hydrogens (tertiary/aromatic N) is 12. The van der Waals surface area contributed by atoms with Gasteiger partial charge < -0.3 is 24.5 Å². The van der Waals surface area contributed by atoms with Crippen LogP contribution in [0.25, 0.3) is 5.57 Å². The Balaban J connectivity index is 0.000000205. The minimum Gasteiger partial charge on any atom is -0.369 e. The van der Waals surface area contributed by atoms with Crippen LogP contribution in [0.2, 0.25) is 5.02 Å². The van der Waals surface area contributed by atoms with Gasteiger partial charge in [0.2, 0.25) is 0 Å². The van der Waals surface area contributed by atoms with Crippen molar-refractivity contribution in [2.75, 3.05) is 175 Å². The van der Waals surface area contributed by atoms with Gasteiger partial charge in [-0.2, -0.15) is 0 Å². The van der Waals surface area contributed by atoms with E-state index in [1.165, 1.54) is 144 Å². The average molecular weight is 1570 g/mol. The Bertz CT molecular complexity index is 3660. The normalized spacial score (nSPS) is 17.6. The fraction of sp³-hybridized carbons (Fsp3) is 0.556. The molecule has 7 aromatic rings. The van der Waals surface area contributed by atoms with Crippen molar-refractivity contribution >= 4 is 45.6 Å². The highest BCUT2D eigenvalue weighted by atomic mass is 35.5. The summed E-state index contributed by atoms with van der Waals surface area (Å²) in [6.45, 7) is 71.7. The lowest BCUT2D eigenvalue weighted by Gasteiger charge is -2.38. The van der Waals surface area contributed by atoms with Crippen molar-refractivity contribution in [2.45, 2.75) is 215 Å². The maximum absolute atomic E-state index is 13.6. The molecule has 0 unspecified atom stereocenters. The van der Waals surface area contributed by atoms with Crippen molar-refractivity contribution in [1.29, 1.82) is 0 Å². The number of rotatable bonds is 13. The molecule has 7 aliphatic heterocycles. The van der Waals surface area contributed by atoms with Gasteiger partial charge in [-0.15, -0.1) is 0 Å². The number of piperazine rings is 5. The fourth-order valence-corrected chi connectivity index (χ4v) is 16.2. The molecule has 7 aliphatic rings. The molecule has 0 spiro atoms. The third kappa shape index (κ3) is 30.0. The van der Waals surface area contributed by atoms with Crippen molar-refractivity contribution in [1.82, 2.24) is 34.3 Å². The van der Waals surface area contributed by atoms with Gasteiger partial charge in [-0.3, -0.25) is 34.3 Å². The maximum atomic E-state index is 13.6. The first-order valence-corrected chi connectivity index (χ1v) is 43.0. The zero-order chi connectivity index (χ0) is 80.3. The highest BCUT2D eigenvalue weighted by molar-refractivity contribution is 6.33. The van der Waals surface area contributed by atoms with Crippen LogP contribution in [-0.4, -0.2) is 227 Å². The van der Waals surface area contributed by atoms with Crippen molar-refractivity contribution < 1.29 is 4.39 Å². The highest BCUT2D eigenvalue weighted by Gasteiger charge is 2.26. The molecule has 113 heavy (non-hydrogen) atoms. The van der Waals surface area contributed by atoms with Crippen molar-refractivity contribution in [3.63, 3.8) is 0 Å². The number of fused-ring (bicyclic) bond motifs is 1. The molecule has 624 valence electrons. The van der Waals surface area contributed by atoms with Gasteiger partial charge in [0.05, 0.1) is 16.4 Å². The Labute approximate surface area is 694 Å². The standard InChI is InChI=1S/C15H24N2.C15H21N.2C14H22N2.C13H19ClN2.C13H19FN2.C13H19N.2CH4/c1-12(2)16-7-9-17(10-8-16)15-6-5-13(3)11-14(15)4;1-12(2)16-10-8-15(9-11-16)14-6-4-13(3)5-7-14;1-12(2)15-8-10-16(11-9-15)14-6-4-13(3)5-7-14;1-12(2)15-8-10-16(11-9-15)14-7-5-4-6-13(14)3;2*1-11(2)15-7-9-16(10-8-15)13-6-4-3-5-12(13)14;1-10(2)14-7-6-12-8-11(3)4-5-13(12)9-14;;/h5-6,11-12H,7-10H2,1-4H3;4-8,12H,9-11H2,1-3H3;2*4-7,12H,8-11H2,1-3H3;2*3-6,11H,7-10H2,1-2H3;4-5,8,10H,6-7,9H2,1-3H3;2*1H4. The minimum atomic E-state index is -0.111. The van der Waals surface area contributed by atoms with E-state index in [0.29, 0.717) is 42.3 Å². The van der Waals surface area contributed by atoms with Crippen LogP contribution in [0.4, 0.5) is 32.8 Å². The first-order chi connectivity index (χ1) is 53.1. The van der Waals surface area contributed by atoms with Gasteiger partial charge >= 0.3 is 0 Å². The van der Waals surface area contributed by atoms with E-state index in [1.54, 1.807) is 11.6 Å². The Morgan fingerprint density at radius 3 is 1.06 bits per heavy atom. The molecular formula is C99H154ClFN12. The van der Waals surface area contributed by atoms with Gasteiger partial charge in [0.25, 0.3) is 0 Å². The van der Waals surface area contributed by atoms with Gasteiger partial charge in [0.1, 0.15) is 5.82 Å². The summed E-state index contributed by atoms with van der Waals surface area (Å²) in [5.74, 6) is -0.111. The van der Waals surface area contributed by atoms with Gasteiger partial charge in [-0.05, 0) is 233 Å². The van der Waals surface area contributed by atoms with Crippen LogP contribution in [0.15, 0.2) is 164 Å². The lowest BCUT2D eigenvalue weighted by Crippen LogP contribution is -2.49. The maximum Gasteiger partial charge on any atom is 0.146 e. The number of anilines is 5. The Morgan fingerprint density at radius 1 is 0.292 bits per heavy atom. The molecule has 5 fully saturated rings. The monoisotopic (exact) mass is 1570 g/mol. The van der Waals surface area contributed by atoms with E-state index in [0.717, 1.165) is 115 Å². The van der Waals surface area contributed by atoms with Crippen LogP contribution in [0, 0.1) is 47.4 Å². The van der Waals surface area contributed by atoms with Gasteiger partial charge in [0.15, 0.2) is 0 Å². The van der Waals surface area contributed by atoms with Crippen molar-refractivity contribution in [3.8, 4) is 0 Å². The summed E-state index contributed by atoms with van der Waals surface area (Å²) < 4.78 is 13.6. The van der Waals surface area contributed by atoms with Crippen LogP contribution >= 0.6 is 11.6 Å². The molecule has 0 atom stereocenters. The molecule has 5 saturated heterocycles. The zero-order valence-corrected chi connectivity index (χ0v) is 73.4. The van der Waals surface area contributed by atoms with E-state index in [1.807, 2.05) is 24.3 Å². The predicted octanol–water partition coefficient (Wildman–Crippen LogP) is 20.6. The predicted molar refractivity (Wildman–Crippen MR) is 495 cm³/mol. The molecule has 0 aliphatic carbocycles. The van der Waals surface area contributed by atoms with Gasteiger partial charge in [-0.1, -0.05) is 164 Å². The summed E-state index contributed by atoms with van der Waals surface area (Å²) in [5, 5.41) is 0.862. The second-order valence-corrected chi connectivity index (χ2v) is 34.3. The average Bonchev–Trinajstić information content (AvgIpc) is 0.736. The van der Waals surface area contributed by atoms with Crippen LogP contribution in [0.3, 0.4) is 0 Å². The lowest BCUT2D eigenvalue weighted by molar-refractivity contribution is 0.203. The second kappa shape index (κ2) is 48.1. The molecule has 14 heteroatoms. The van der Waals surface area contributed by atoms with Crippen LogP contribution < -0.4 is 24.5 Å². The minimum absolute atomic E-state index is 0. The number of halogens is 2. The summed E-state index contributed by atoms with van der Waals surface area (Å²) in [6.07, 6.45) is 4.78. The van der Waals surface area contributed by atoms with Crippen LogP contribution in [-0.2, 0) is 13.0 Å². The number of hydrogen-bond donors (Lipinski definition) is 0. The molecule has 0 saturated carbocycles. The second-order valence-electron chi connectivity index (χ2n) is 33.9. The quantitative estimate of drug-likeness (QED) is 0.110. The molecule has 0 bridgehead atoms. The fourth-order valence-electron chi connectivity index (χ4n) is 16.0. The summed E-state index contributed by atoms with van der Waals surface area (Å²) in [6, 6.07) is 59.8. The number of hydrogen-bond acceptors (Lipinski definition) is 12. The summed E-state index contributed by atoms with van der Waals surface area (Å²) >= 11 is 6.20. The summed E-state index contributed by atoms with van der Waals surface area (Å²) in [4.78, 5) is 29.7. The first-order valence-electron chi connectivity index (χ1n) is 42.6. The van der Waals surface area contributed by atoms with E-state index < -0.39 is 0 Å². The number of para-hydroxylation sites is 3. The largest absolute Gasteiger partial charge is 0.369 e. The number of benzene rings is 7. The van der Waals surface area contributed by atoms with Gasteiger partial charge in [0, 0.05) is 216 Å². The molecule has 7 aromatic carbocycles. The Hall–Kier alpha value is -6.78. The molecule has 12 nitrogen and oxygen atoms in total. The molecule has 0 N–H and O–H groups in total.